The highest BCUT2D eigenvalue weighted by atomic mass is 32.3. The Labute approximate surface area is 205 Å². The number of carboxylic acids is 1. The van der Waals surface area contributed by atoms with E-state index in [9.17, 15) is 48.6 Å². The van der Waals surface area contributed by atoms with Gasteiger partial charge in [-0.2, -0.15) is 8.42 Å². The number of carboxylic acid groups (broad SMARTS) is 1. The summed E-state index contributed by atoms with van der Waals surface area (Å²) in [6.07, 6.45) is -10.2. The van der Waals surface area contributed by atoms with Gasteiger partial charge in [0.2, 0.25) is 17.5 Å². The molecule has 0 saturated carbocycles. The number of aliphatic hydroxyl groups is 3. The molecule has 5 atom stereocenters. The number of carbonyl (C=O) groups is 1. The SMILES string of the molecule is O=C(O)C1OC(Oc2c(-c3ccc(O)cc3)oc3cc(OS(=O)(=O)O)cc(O)c3c2=O)C(O)C(O)C1O. The average molecular weight is 542 g/mol. The maximum absolute atomic E-state index is 13.4. The predicted molar refractivity (Wildman–Crippen MR) is 118 cm³/mol. The number of aliphatic hydroxyl groups excluding tert-OH is 3. The molecule has 1 aliphatic heterocycles. The molecular weight excluding hydrogens is 524 g/mol. The lowest BCUT2D eigenvalue weighted by molar-refractivity contribution is -0.271. The van der Waals surface area contributed by atoms with E-state index in [4.69, 9.17) is 18.4 Å². The predicted octanol–water partition coefficient (Wildman–Crippen LogP) is -0.676. The van der Waals surface area contributed by atoms with Crippen LogP contribution in [0.2, 0.25) is 0 Å². The first-order valence-electron chi connectivity index (χ1n) is 10.2. The minimum Gasteiger partial charge on any atom is -0.508 e. The molecule has 1 aliphatic rings. The highest BCUT2D eigenvalue weighted by Crippen LogP contribution is 2.38. The summed E-state index contributed by atoms with van der Waals surface area (Å²) >= 11 is 0. The summed E-state index contributed by atoms with van der Waals surface area (Å²) in [5.74, 6) is -4.58. The number of rotatable bonds is 6. The van der Waals surface area contributed by atoms with Crippen LogP contribution in [0.15, 0.2) is 45.6 Å². The van der Waals surface area contributed by atoms with Crippen molar-refractivity contribution in [2.45, 2.75) is 30.7 Å². The number of phenols is 2. The molecule has 0 amide bonds. The molecule has 0 aliphatic carbocycles. The van der Waals surface area contributed by atoms with Crippen molar-refractivity contribution in [2.24, 2.45) is 0 Å². The summed E-state index contributed by atoms with van der Waals surface area (Å²) in [4.78, 5) is 24.8. The van der Waals surface area contributed by atoms with Crippen LogP contribution in [0.25, 0.3) is 22.3 Å². The number of aliphatic carboxylic acids is 1. The van der Waals surface area contributed by atoms with Gasteiger partial charge in [0.25, 0.3) is 0 Å². The van der Waals surface area contributed by atoms with E-state index in [1.54, 1.807) is 0 Å². The monoisotopic (exact) mass is 542 g/mol. The summed E-state index contributed by atoms with van der Waals surface area (Å²) in [6, 6.07) is 6.45. The van der Waals surface area contributed by atoms with E-state index in [1.807, 2.05) is 0 Å². The standard InChI is InChI=1S/C21H18O15S/c22-8-3-1-7(2-4-8)17-18(34-21-16(27)14(25)15(26)19(35-21)20(28)29)13(24)12-10(23)5-9(6-11(12)33-17)36-37(30,31)32/h1-6,14-16,19,21-23,25-27H,(H,28,29)(H,30,31,32). The molecule has 16 heteroatoms. The second-order valence-corrected chi connectivity index (χ2v) is 8.84. The highest BCUT2D eigenvalue weighted by molar-refractivity contribution is 7.81. The van der Waals surface area contributed by atoms with Crippen LogP contribution < -0.4 is 14.3 Å². The van der Waals surface area contributed by atoms with Crippen molar-refractivity contribution in [3.05, 3.63) is 46.6 Å². The molecule has 0 radical (unpaired) electrons. The highest BCUT2D eigenvalue weighted by Gasteiger charge is 2.48. The van der Waals surface area contributed by atoms with Crippen molar-refractivity contribution >= 4 is 27.3 Å². The smallest absolute Gasteiger partial charge is 0.446 e. The Morgan fingerprint density at radius 3 is 2.22 bits per heavy atom. The van der Waals surface area contributed by atoms with Crippen LogP contribution in [-0.2, 0) is 19.9 Å². The fourth-order valence-corrected chi connectivity index (χ4v) is 3.94. The first kappa shape index (κ1) is 26.1. The fraction of sp³-hybridized carbons (Fsp3) is 0.238. The minimum absolute atomic E-state index is 0.0630. The average Bonchev–Trinajstić information content (AvgIpc) is 2.79. The first-order chi connectivity index (χ1) is 17.3. The van der Waals surface area contributed by atoms with Crippen LogP contribution in [0.4, 0.5) is 0 Å². The van der Waals surface area contributed by atoms with Crippen molar-refractivity contribution < 1.29 is 66.5 Å². The normalized spacial score (nSPS) is 24.1. The van der Waals surface area contributed by atoms with Gasteiger partial charge < -0.3 is 48.7 Å². The molecule has 5 unspecified atom stereocenters. The van der Waals surface area contributed by atoms with Crippen LogP contribution >= 0.6 is 0 Å². The largest absolute Gasteiger partial charge is 0.508 e. The van der Waals surface area contributed by atoms with E-state index in [-0.39, 0.29) is 11.3 Å². The quantitative estimate of drug-likeness (QED) is 0.191. The Hall–Kier alpha value is -3.93. The second-order valence-electron chi connectivity index (χ2n) is 7.82. The summed E-state index contributed by atoms with van der Waals surface area (Å²) < 4.78 is 51.5. The van der Waals surface area contributed by atoms with Gasteiger partial charge in [0.15, 0.2) is 17.6 Å². The maximum atomic E-state index is 13.4. The Morgan fingerprint density at radius 2 is 1.62 bits per heavy atom. The number of phenolic OH excluding ortho intramolecular Hbond substituents is 2. The molecule has 198 valence electrons. The lowest BCUT2D eigenvalue weighted by Crippen LogP contribution is -2.61. The second kappa shape index (κ2) is 9.51. The first-order valence-corrected chi connectivity index (χ1v) is 11.5. The molecule has 7 N–H and O–H groups in total. The van der Waals surface area contributed by atoms with Gasteiger partial charge in [0, 0.05) is 17.7 Å². The molecule has 3 aromatic rings. The van der Waals surface area contributed by atoms with Crippen LogP contribution in [0.5, 0.6) is 23.0 Å². The Morgan fingerprint density at radius 1 is 0.973 bits per heavy atom. The number of fused-ring (bicyclic) bond motifs is 1. The molecule has 37 heavy (non-hydrogen) atoms. The van der Waals surface area contributed by atoms with Gasteiger partial charge in [-0.3, -0.25) is 9.35 Å². The van der Waals surface area contributed by atoms with E-state index in [0.29, 0.717) is 6.07 Å². The molecule has 2 aromatic carbocycles. The lowest BCUT2D eigenvalue weighted by atomic mass is 9.99. The van der Waals surface area contributed by atoms with Gasteiger partial charge in [-0.25, -0.2) is 4.79 Å². The van der Waals surface area contributed by atoms with Crippen LogP contribution in [0.3, 0.4) is 0 Å². The number of hydrogen-bond donors (Lipinski definition) is 7. The van der Waals surface area contributed by atoms with E-state index >= 15 is 0 Å². The van der Waals surface area contributed by atoms with Crippen molar-refractivity contribution in [2.75, 3.05) is 0 Å². The zero-order valence-electron chi connectivity index (χ0n) is 18.2. The van der Waals surface area contributed by atoms with Crippen LogP contribution in [0.1, 0.15) is 0 Å². The molecule has 1 aromatic heterocycles. The number of aromatic hydroxyl groups is 2. The number of ether oxygens (including phenoxy) is 2. The Kier molecular flexibility index (Phi) is 6.72. The molecule has 0 bridgehead atoms. The van der Waals surface area contributed by atoms with Crippen LogP contribution in [-0.4, -0.2) is 80.3 Å². The van der Waals surface area contributed by atoms with Crippen molar-refractivity contribution in [3.63, 3.8) is 0 Å². The number of hydrogen-bond acceptors (Lipinski definition) is 13. The van der Waals surface area contributed by atoms with E-state index in [2.05, 4.69) is 4.18 Å². The lowest BCUT2D eigenvalue weighted by Gasteiger charge is -2.38. The summed E-state index contributed by atoms with van der Waals surface area (Å²) in [5.41, 5.74) is -1.51. The van der Waals surface area contributed by atoms with E-state index in [1.165, 1.54) is 24.3 Å². The van der Waals surface area contributed by atoms with Gasteiger partial charge >= 0.3 is 16.4 Å². The van der Waals surface area contributed by atoms with Gasteiger partial charge in [-0.05, 0) is 24.3 Å². The van der Waals surface area contributed by atoms with E-state index in [0.717, 1.165) is 6.07 Å². The third-order valence-electron chi connectivity index (χ3n) is 5.28. The van der Waals surface area contributed by atoms with Gasteiger partial charge in [0.1, 0.15) is 40.8 Å². The van der Waals surface area contributed by atoms with Crippen molar-refractivity contribution in [1.82, 2.24) is 0 Å². The topological polar surface area (TPSA) is 251 Å². The maximum Gasteiger partial charge on any atom is 0.446 e. The molecular formula is C21H18O15S. The van der Waals surface area contributed by atoms with Gasteiger partial charge in [-0.1, -0.05) is 0 Å². The molecule has 15 nitrogen and oxygen atoms in total. The Balaban J connectivity index is 1.90. The number of benzene rings is 2. The third kappa shape index (κ3) is 5.15. The summed E-state index contributed by atoms with van der Waals surface area (Å²) in [5, 5.41) is 58.9. The zero-order chi connectivity index (χ0) is 27.2. The minimum atomic E-state index is -5.02. The molecule has 0 spiro atoms. The summed E-state index contributed by atoms with van der Waals surface area (Å²) in [6.45, 7) is 0. The van der Waals surface area contributed by atoms with Crippen LogP contribution in [0, 0.1) is 0 Å². The Bertz CT molecular complexity index is 1510. The van der Waals surface area contributed by atoms with E-state index < -0.39 is 86.5 Å². The fourth-order valence-electron chi connectivity index (χ4n) is 3.60. The van der Waals surface area contributed by atoms with Crippen molar-refractivity contribution in [3.8, 4) is 34.3 Å². The molecule has 1 saturated heterocycles. The zero-order valence-corrected chi connectivity index (χ0v) is 19.0. The molecule has 4 rings (SSSR count). The molecule has 2 heterocycles. The van der Waals surface area contributed by atoms with Gasteiger partial charge in [0.05, 0.1) is 0 Å². The summed E-state index contributed by atoms with van der Waals surface area (Å²) in [7, 11) is -5.02. The third-order valence-corrected chi connectivity index (χ3v) is 5.69. The molecule has 1 fully saturated rings. The van der Waals surface area contributed by atoms with Crippen molar-refractivity contribution in [1.29, 1.82) is 0 Å². The van der Waals surface area contributed by atoms with Gasteiger partial charge in [-0.15, -0.1) is 0 Å².